The van der Waals surface area contributed by atoms with Crippen molar-refractivity contribution in [3.05, 3.63) is 52.2 Å². The number of aromatic nitrogens is 2. The first-order valence-corrected chi connectivity index (χ1v) is 10.9. The molecule has 0 amide bonds. The van der Waals surface area contributed by atoms with Crippen LogP contribution in [0.1, 0.15) is 30.2 Å². The van der Waals surface area contributed by atoms with Crippen LogP contribution in [0.2, 0.25) is 10.0 Å². The third-order valence-corrected chi connectivity index (χ3v) is 7.61. The van der Waals surface area contributed by atoms with Crippen LogP contribution in [-0.2, 0) is 10.0 Å². The zero-order valence-electron chi connectivity index (χ0n) is 14.9. The van der Waals surface area contributed by atoms with E-state index in [1.807, 2.05) is 0 Å². The van der Waals surface area contributed by atoms with E-state index in [1.165, 1.54) is 29.0 Å². The second-order valence-corrected chi connectivity index (χ2v) is 9.39. The maximum atomic E-state index is 13.0. The molecule has 148 valence electrons. The Kier molecular flexibility index (Phi) is 5.22. The summed E-state index contributed by atoms with van der Waals surface area (Å²) in [5, 5.41) is 8.72. The molecule has 0 atom stereocenters. The maximum absolute atomic E-state index is 13.0. The van der Waals surface area contributed by atoms with Crippen molar-refractivity contribution >= 4 is 33.2 Å². The molecule has 0 saturated carbocycles. The van der Waals surface area contributed by atoms with Gasteiger partial charge in [0.05, 0.1) is 16.8 Å². The van der Waals surface area contributed by atoms with Crippen molar-refractivity contribution in [3.63, 3.8) is 0 Å². The van der Waals surface area contributed by atoms with Crippen LogP contribution in [0.25, 0.3) is 11.5 Å². The Labute approximate surface area is 172 Å². The number of aryl methyl sites for hydroxylation is 1. The van der Waals surface area contributed by atoms with E-state index in [1.54, 1.807) is 13.0 Å². The summed E-state index contributed by atoms with van der Waals surface area (Å²) in [6, 6.07) is 4.72. The SMILES string of the molecule is Cc1cc(S(=O)(=O)N2CCC(c3nnc(-c4ccoc4)o3)CC2)c(Cl)cc1Cl. The van der Waals surface area contributed by atoms with E-state index < -0.39 is 10.0 Å². The zero-order chi connectivity index (χ0) is 19.9. The van der Waals surface area contributed by atoms with Gasteiger partial charge < -0.3 is 8.83 Å². The molecule has 4 rings (SSSR count). The van der Waals surface area contributed by atoms with Gasteiger partial charge in [-0.3, -0.25) is 0 Å². The van der Waals surface area contributed by atoms with Crippen LogP contribution in [-0.4, -0.2) is 36.0 Å². The second kappa shape index (κ2) is 7.51. The molecule has 28 heavy (non-hydrogen) atoms. The number of hydrogen-bond acceptors (Lipinski definition) is 6. The van der Waals surface area contributed by atoms with Crippen LogP contribution in [0.15, 0.2) is 44.5 Å². The predicted octanol–water partition coefficient (Wildman–Crippen LogP) is 4.51. The number of rotatable bonds is 4. The van der Waals surface area contributed by atoms with E-state index in [4.69, 9.17) is 32.0 Å². The van der Waals surface area contributed by atoms with Crippen molar-refractivity contribution in [3.8, 4) is 11.5 Å². The van der Waals surface area contributed by atoms with E-state index in [-0.39, 0.29) is 15.8 Å². The van der Waals surface area contributed by atoms with Gasteiger partial charge >= 0.3 is 0 Å². The van der Waals surface area contributed by atoms with Crippen molar-refractivity contribution < 1.29 is 17.3 Å². The fourth-order valence-corrected chi connectivity index (χ4v) is 5.49. The Hall–Kier alpha value is -1.87. The van der Waals surface area contributed by atoms with Gasteiger partial charge in [-0.1, -0.05) is 23.2 Å². The van der Waals surface area contributed by atoms with Gasteiger partial charge in [0.25, 0.3) is 5.89 Å². The van der Waals surface area contributed by atoms with E-state index in [9.17, 15) is 8.42 Å². The van der Waals surface area contributed by atoms with Crippen molar-refractivity contribution in [1.29, 1.82) is 0 Å². The molecule has 10 heteroatoms. The standard InChI is InChI=1S/C18H17Cl2N3O4S/c1-11-8-16(15(20)9-14(11)19)28(24,25)23-5-2-12(3-6-23)17-21-22-18(27-17)13-4-7-26-10-13/h4,7-10,12H,2-3,5-6H2,1H3. The van der Waals surface area contributed by atoms with Crippen LogP contribution in [0, 0.1) is 6.92 Å². The molecule has 0 aliphatic carbocycles. The molecule has 0 bridgehead atoms. The van der Waals surface area contributed by atoms with Gasteiger partial charge in [0.15, 0.2) is 0 Å². The van der Waals surface area contributed by atoms with Gasteiger partial charge in [-0.05, 0) is 43.5 Å². The van der Waals surface area contributed by atoms with E-state index in [0.29, 0.717) is 53.9 Å². The second-order valence-electron chi connectivity index (χ2n) is 6.67. The highest BCUT2D eigenvalue weighted by Gasteiger charge is 2.33. The van der Waals surface area contributed by atoms with E-state index in [2.05, 4.69) is 10.2 Å². The number of furan rings is 1. The van der Waals surface area contributed by atoms with Gasteiger partial charge in [-0.25, -0.2) is 8.42 Å². The number of halogens is 2. The first-order valence-electron chi connectivity index (χ1n) is 8.68. The summed E-state index contributed by atoms with van der Waals surface area (Å²) in [5.74, 6) is 0.901. The normalized spacial score (nSPS) is 16.5. The summed E-state index contributed by atoms with van der Waals surface area (Å²) < 4.78 is 38.2. The first kappa shape index (κ1) is 19.4. The van der Waals surface area contributed by atoms with E-state index in [0.717, 1.165) is 0 Å². The third kappa shape index (κ3) is 3.57. The fraction of sp³-hybridized carbons (Fsp3) is 0.333. The number of piperidine rings is 1. The lowest BCUT2D eigenvalue weighted by Crippen LogP contribution is -2.38. The minimum Gasteiger partial charge on any atom is -0.472 e. The number of sulfonamides is 1. The highest BCUT2D eigenvalue weighted by molar-refractivity contribution is 7.89. The molecule has 0 unspecified atom stereocenters. The van der Waals surface area contributed by atoms with Gasteiger partial charge in [0.2, 0.25) is 15.9 Å². The molecule has 2 aromatic heterocycles. The van der Waals surface area contributed by atoms with Gasteiger partial charge in [0, 0.05) is 24.0 Å². The van der Waals surface area contributed by atoms with Gasteiger partial charge in [0.1, 0.15) is 11.2 Å². The van der Waals surface area contributed by atoms with Crippen LogP contribution < -0.4 is 0 Å². The molecule has 1 aromatic carbocycles. The van der Waals surface area contributed by atoms with Crippen LogP contribution in [0.3, 0.4) is 0 Å². The van der Waals surface area contributed by atoms with Crippen LogP contribution in [0.5, 0.6) is 0 Å². The summed E-state index contributed by atoms with van der Waals surface area (Å²) in [5.41, 5.74) is 1.38. The summed E-state index contributed by atoms with van der Waals surface area (Å²) >= 11 is 12.2. The summed E-state index contributed by atoms with van der Waals surface area (Å²) in [7, 11) is -3.70. The Bertz CT molecular complexity index is 1090. The van der Waals surface area contributed by atoms with Gasteiger partial charge in [-0.2, -0.15) is 4.31 Å². The minimum absolute atomic E-state index is 0.00188. The maximum Gasteiger partial charge on any atom is 0.250 e. The molecule has 1 aliphatic heterocycles. The lowest BCUT2D eigenvalue weighted by Gasteiger charge is -2.30. The summed E-state index contributed by atoms with van der Waals surface area (Å²) in [4.78, 5) is 0.0783. The molecule has 3 heterocycles. The van der Waals surface area contributed by atoms with Crippen LogP contribution >= 0.6 is 23.2 Å². The molecule has 0 radical (unpaired) electrons. The third-order valence-electron chi connectivity index (χ3n) is 4.84. The zero-order valence-corrected chi connectivity index (χ0v) is 17.3. The summed E-state index contributed by atoms with van der Waals surface area (Å²) in [6.45, 7) is 2.43. The molecule has 1 fully saturated rings. The molecule has 0 spiro atoms. The van der Waals surface area contributed by atoms with Crippen molar-refractivity contribution in [1.82, 2.24) is 14.5 Å². The quantitative estimate of drug-likeness (QED) is 0.591. The molecular weight excluding hydrogens is 425 g/mol. The van der Waals surface area contributed by atoms with Crippen molar-refractivity contribution in [2.24, 2.45) is 0 Å². The largest absolute Gasteiger partial charge is 0.472 e. The molecule has 3 aromatic rings. The van der Waals surface area contributed by atoms with Crippen molar-refractivity contribution in [2.45, 2.75) is 30.6 Å². The predicted molar refractivity (Wildman–Crippen MR) is 104 cm³/mol. The Balaban J connectivity index is 1.49. The average Bonchev–Trinajstić information content (AvgIpc) is 3.36. The van der Waals surface area contributed by atoms with Gasteiger partial charge in [-0.15, -0.1) is 10.2 Å². The smallest absolute Gasteiger partial charge is 0.250 e. The number of nitrogens with zero attached hydrogens (tertiary/aromatic N) is 3. The lowest BCUT2D eigenvalue weighted by molar-refractivity contribution is 0.291. The van der Waals surface area contributed by atoms with Crippen molar-refractivity contribution in [2.75, 3.05) is 13.1 Å². The lowest BCUT2D eigenvalue weighted by atomic mass is 9.98. The minimum atomic E-state index is -3.70. The molecule has 1 saturated heterocycles. The first-order chi connectivity index (χ1) is 13.4. The Morgan fingerprint density at radius 1 is 1.14 bits per heavy atom. The molecule has 7 nitrogen and oxygen atoms in total. The number of hydrogen-bond donors (Lipinski definition) is 0. The molecule has 1 aliphatic rings. The number of benzene rings is 1. The highest BCUT2D eigenvalue weighted by atomic mass is 35.5. The fourth-order valence-electron chi connectivity index (χ4n) is 3.21. The molecular formula is C18H17Cl2N3O4S. The summed E-state index contributed by atoms with van der Waals surface area (Å²) in [6.07, 6.45) is 4.23. The Morgan fingerprint density at radius 3 is 2.57 bits per heavy atom. The van der Waals surface area contributed by atoms with Crippen LogP contribution in [0.4, 0.5) is 0 Å². The van der Waals surface area contributed by atoms with E-state index >= 15 is 0 Å². The molecule has 0 N–H and O–H groups in total. The monoisotopic (exact) mass is 441 g/mol. The highest BCUT2D eigenvalue weighted by Crippen LogP contribution is 2.34. The Morgan fingerprint density at radius 2 is 1.89 bits per heavy atom. The average molecular weight is 442 g/mol. The topological polar surface area (TPSA) is 89.4 Å².